The molecule has 1 aliphatic rings. The number of hydrogen-bond donors (Lipinski definition) is 4. The van der Waals surface area contributed by atoms with Crippen LogP contribution in [0.15, 0.2) is 24.7 Å². The smallest absolute Gasteiger partial charge is 0.183 e. The summed E-state index contributed by atoms with van der Waals surface area (Å²) < 4.78 is 14.2. The molecule has 4 N–H and O–H groups in total. The Morgan fingerprint density at radius 1 is 1.31 bits per heavy atom. The van der Waals surface area contributed by atoms with E-state index in [4.69, 9.17) is 11.6 Å². The van der Waals surface area contributed by atoms with Gasteiger partial charge in [-0.1, -0.05) is 18.0 Å². The fraction of sp³-hybridized carbons (Fsp3) is 0.353. The molecule has 0 radical (unpaired) electrons. The predicted octanol–water partition coefficient (Wildman–Crippen LogP) is 2.85. The molecule has 3 heterocycles. The van der Waals surface area contributed by atoms with Crippen LogP contribution in [-0.4, -0.2) is 42.0 Å². The number of nitrogens with zero attached hydrogens (tertiary/aromatic N) is 3. The highest BCUT2D eigenvalue weighted by Crippen LogP contribution is 2.32. The van der Waals surface area contributed by atoms with Crippen LogP contribution in [0.1, 0.15) is 25.7 Å². The molecule has 7 nitrogen and oxygen atoms in total. The lowest BCUT2D eigenvalue weighted by Crippen LogP contribution is -2.51. The van der Waals surface area contributed by atoms with Crippen molar-refractivity contribution in [1.82, 2.24) is 19.9 Å². The Labute approximate surface area is 153 Å². The van der Waals surface area contributed by atoms with Gasteiger partial charge in [-0.2, -0.15) is 0 Å². The highest BCUT2D eigenvalue weighted by molar-refractivity contribution is 6.31. The Morgan fingerprint density at radius 3 is 2.96 bits per heavy atom. The Hall–Kier alpha value is -2.29. The number of fused-ring (bicyclic) bond motifs is 1. The summed E-state index contributed by atoms with van der Waals surface area (Å²) >= 11 is 6.00. The van der Waals surface area contributed by atoms with Crippen molar-refractivity contribution in [3.8, 4) is 11.4 Å². The first kappa shape index (κ1) is 17.1. The van der Waals surface area contributed by atoms with Crippen molar-refractivity contribution >= 4 is 28.5 Å². The maximum absolute atomic E-state index is 14.2. The van der Waals surface area contributed by atoms with Crippen molar-refractivity contribution in [1.29, 1.82) is 0 Å². The van der Waals surface area contributed by atoms with Crippen LogP contribution in [0.5, 0.6) is 0 Å². The van der Waals surface area contributed by atoms with Gasteiger partial charge in [0.05, 0.1) is 11.2 Å². The van der Waals surface area contributed by atoms with Gasteiger partial charge in [0.2, 0.25) is 0 Å². The van der Waals surface area contributed by atoms with E-state index in [1.54, 1.807) is 12.3 Å². The lowest BCUT2D eigenvalue weighted by Gasteiger charge is -2.37. The van der Waals surface area contributed by atoms with Crippen molar-refractivity contribution < 1.29 is 14.6 Å². The highest BCUT2D eigenvalue weighted by Gasteiger charge is 2.38. The molecular weight excluding hydrogens is 361 g/mol. The van der Waals surface area contributed by atoms with Gasteiger partial charge in [-0.15, -0.1) is 0 Å². The summed E-state index contributed by atoms with van der Waals surface area (Å²) in [6.07, 6.45) is 5.50. The Morgan fingerprint density at radius 2 is 2.15 bits per heavy atom. The summed E-state index contributed by atoms with van der Waals surface area (Å²) in [6.45, 7) is 0. The van der Waals surface area contributed by atoms with Gasteiger partial charge in [0.1, 0.15) is 11.8 Å². The quantitative estimate of drug-likeness (QED) is 0.523. The summed E-state index contributed by atoms with van der Waals surface area (Å²) in [5.74, 6) is -0.628. The van der Waals surface area contributed by atoms with E-state index < -0.39 is 17.6 Å². The molecule has 2 unspecified atom stereocenters. The Kier molecular flexibility index (Phi) is 4.26. The first-order valence-electron chi connectivity index (χ1n) is 8.30. The number of anilines is 1. The summed E-state index contributed by atoms with van der Waals surface area (Å²) in [7, 11) is 0. The van der Waals surface area contributed by atoms with Gasteiger partial charge in [0.15, 0.2) is 23.2 Å². The first-order chi connectivity index (χ1) is 12.5. The standard InChI is InChI=1S/C17H17ClFN5O2/c18-9-5-10-11(7-21-14(10)20-6-9)15-22-8-12(19)16(23-15)24-17(26)4-2-1-3-13(17)25/h5-8,13,25-26H,1-4H2,(H,20,21)(H,22,23,24). The van der Waals surface area contributed by atoms with Crippen LogP contribution in [-0.2, 0) is 0 Å². The van der Waals surface area contributed by atoms with Gasteiger partial charge in [0, 0.05) is 23.3 Å². The van der Waals surface area contributed by atoms with Gasteiger partial charge >= 0.3 is 0 Å². The summed E-state index contributed by atoms with van der Waals surface area (Å²) in [4.78, 5) is 15.4. The molecule has 1 fully saturated rings. The van der Waals surface area contributed by atoms with E-state index in [9.17, 15) is 14.6 Å². The minimum Gasteiger partial charge on any atom is -0.388 e. The number of aromatic nitrogens is 4. The number of nitrogens with one attached hydrogen (secondary N) is 2. The van der Waals surface area contributed by atoms with Gasteiger partial charge in [-0.3, -0.25) is 0 Å². The fourth-order valence-corrected chi connectivity index (χ4v) is 3.39. The molecule has 26 heavy (non-hydrogen) atoms. The first-order valence-corrected chi connectivity index (χ1v) is 8.68. The monoisotopic (exact) mass is 377 g/mol. The predicted molar refractivity (Wildman–Crippen MR) is 95.1 cm³/mol. The maximum Gasteiger partial charge on any atom is 0.183 e. The van der Waals surface area contributed by atoms with Crippen LogP contribution in [0, 0.1) is 5.82 Å². The van der Waals surface area contributed by atoms with E-state index in [0.717, 1.165) is 19.0 Å². The van der Waals surface area contributed by atoms with Crippen molar-refractivity contribution in [2.24, 2.45) is 0 Å². The third kappa shape index (κ3) is 3.00. The van der Waals surface area contributed by atoms with E-state index in [1.807, 2.05) is 0 Å². The summed E-state index contributed by atoms with van der Waals surface area (Å²) in [5.41, 5.74) is -0.405. The number of aliphatic hydroxyl groups is 2. The molecule has 3 aromatic heterocycles. The second-order valence-corrected chi connectivity index (χ2v) is 6.89. The molecule has 0 bridgehead atoms. The molecule has 0 amide bonds. The average molecular weight is 378 g/mol. The largest absolute Gasteiger partial charge is 0.388 e. The van der Waals surface area contributed by atoms with Crippen molar-refractivity contribution in [3.05, 3.63) is 35.5 Å². The maximum atomic E-state index is 14.2. The molecule has 0 aromatic carbocycles. The molecular formula is C17H17ClFN5O2. The van der Waals surface area contributed by atoms with Crippen LogP contribution in [0.3, 0.4) is 0 Å². The van der Waals surface area contributed by atoms with E-state index in [-0.39, 0.29) is 11.6 Å². The third-order valence-electron chi connectivity index (χ3n) is 4.65. The lowest BCUT2D eigenvalue weighted by atomic mass is 9.89. The zero-order valence-electron chi connectivity index (χ0n) is 13.7. The lowest BCUT2D eigenvalue weighted by molar-refractivity contribution is -0.0798. The number of H-pyrrole nitrogens is 1. The number of aliphatic hydroxyl groups excluding tert-OH is 1. The molecule has 9 heteroatoms. The third-order valence-corrected chi connectivity index (χ3v) is 4.86. The SMILES string of the molecule is OC1CCCCC1(O)Nc1nc(-c2c[nH]c3ncc(Cl)cc23)ncc1F. The molecule has 0 spiro atoms. The van der Waals surface area contributed by atoms with Crippen LogP contribution >= 0.6 is 11.6 Å². The molecule has 3 aromatic rings. The zero-order valence-corrected chi connectivity index (χ0v) is 14.5. The van der Waals surface area contributed by atoms with E-state index in [0.29, 0.717) is 34.5 Å². The minimum absolute atomic E-state index is 0.164. The van der Waals surface area contributed by atoms with E-state index in [2.05, 4.69) is 25.3 Å². The van der Waals surface area contributed by atoms with Crippen molar-refractivity contribution in [3.63, 3.8) is 0 Å². The molecule has 1 saturated carbocycles. The number of aromatic amines is 1. The number of halogens is 2. The van der Waals surface area contributed by atoms with Crippen molar-refractivity contribution in [2.45, 2.75) is 37.5 Å². The van der Waals surface area contributed by atoms with Crippen LogP contribution in [0.4, 0.5) is 10.2 Å². The number of rotatable bonds is 3. The summed E-state index contributed by atoms with van der Waals surface area (Å²) in [6, 6.07) is 1.72. The molecule has 4 rings (SSSR count). The molecule has 1 aliphatic carbocycles. The number of hydrogen-bond acceptors (Lipinski definition) is 6. The van der Waals surface area contributed by atoms with Crippen LogP contribution in [0.25, 0.3) is 22.4 Å². The van der Waals surface area contributed by atoms with E-state index in [1.165, 1.54) is 6.20 Å². The fourth-order valence-electron chi connectivity index (χ4n) is 3.24. The molecule has 136 valence electrons. The van der Waals surface area contributed by atoms with Gasteiger partial charge in [0.25, 0.3) is 0 Å². The minimum atomic E-state index is -1.62. The van der Waals surface area contributed by atoms with Crippen LogP contribution < -0.4 is 5.32 Å². The average Bonchev–Trinajstić information content (AvgIpc) is 3.03. The molecule has 0 saturated heterocycles. The topological polar surface area (TPSA) is 107 Å². The second-order valence-electron chi connectivity index (χ2n) is 6.45. The van der Waals surface area contributed by atoms with Crippen molar-refractivity contribution in [2.75, 3.05) is 5.32 Å². The zero-order chi connectivity index (χ0) is 18.3. The highest BCUT2D eigenvalue weighted by atomic mass is 35.5. The Bertz CT molecular complexity index is 965. The number of pyridine rings is 1. The van der Waals surface area contributed by atoms with Gasteiger partial charge < -0.3 is 20.5 Å². The molecule has 2 atom stereocenters. The van der Waals surface area contributed by atoms with Crippen LogP contribution in [0.2, 0.25) is 5.02 Å². The van der Waals surface area contributed by atoms with Gasteiger partial charge in [-0.05, 0) is 25.3 Å². The van der Waals surface area contributed by atoms with E-state index >= 15 is 0 Å². The van der Waals surface area contributed by atoms with Gasteiger partial charge in [-0.25, -0.2) is 19.3 Å². The molecule has 0 aliphatic heterocycles. The normalized spacial score (nSPS) is 23.3. The summed E-state index contributed by atoms with van der Waals surface area (Å²) in [5, 5.41) is 24.5. The Balaban J connectivity index is 1.73. The second kappa shape index (κ2) is 6.46.